The number of carbonyl (C=O) groups excluding carboxylic acids is 2. The van der Waals surface area contributed by atoms with E-state index in [1.165, 1.54) is 57.8 Å². The third-order valence-electron chi connectivity index (χ3n) is 7.51. The lowest BCUT2D eigenvalue weighted by Gasteiger charge is -2.39. The molecule has 6 heteroatoms. The van der Waals surface area contributed by atoms with Crippen molar-refractivity contribution < 1.29 is 9.59 Å². The Morgan fingerprint density at radius 3 is 2.32 bits per heavy atom. The molecule has 2 heterocycles. The normalized spacial score (nSPS) is 29.6. The van der Waals surface area contributed by atoms with E-state index in [1.54, 1.807) is 0 Å². The minimum absolute atomic E-state index is 0.0603. The van der Waals surface area contributed by atoms with Crippen LogP contribution in [0.2, 0.25) is 0 Å². The van der Waals surface area contributed by atoms with Gasteiger partial charge in [-0.15, -0.1) is 0 Å². The van der Waals surface area contributed by atoms with Crippen LogP contribution in [0.1, 0.15) is 70.6 Å². The van der Waals surface area contributed by atoms with Crippen LogP contribution in [-0.2, 0) is 9.59 Å². The Kier molecular flexibility index (Phi) is 6.89. The fraction of sp³-hybridized carbons (Fsp3) is 0.909. The van der Waals surface area contributed by atoms with E-state index in [9.17, 15) is 9.59 Å². The van der Waals surface area contributed by atoms with Crippen molar-refractivity contribution in [3.63, 3.8) is 0 Å². The van der Waals surface area contributed by atoms with Crippen LogP contribution in [-0.4, -0.2) is 83.9 Å². The Morgan fingerprint density at radius 2 is 1.54 bits per heavy atom. The number of nitrogens with zero attached hydrogens (tertiary/aromatic N) is 3. The van der Waals surface area contributed by atoms with Crippen LogP contribution in [0.15, 0.2) is 0 Å². The molecule has 4 fully saturated rings. The molecule has 0 bridgehead atoms. The molecule has 2 amide bonds. The number of hydrogen-bond donors (Lipinski definition) is 1. The van der Waals surface area contributed by atoms with Crippen molar-refractivity contribution in [3.05, 3.63) is 0 Å². The summed E-state index contributed by atoms with van der Waals surface area (Å²) in [5.41, 5.74) is 0. The van der Waals surface area contributed by atoms with Crippen molar-refractivity contribution >= 4 is 11.8 Å². The van der Waals surface area contributed by atoms with Crippen molar-refractivity contribution in [3.8, 4) is 0 Å². The molecule has 28 heavy (non-hydrogen) atoms. The summed E-state index contributed by atoms with van der Waals surface area (Å²) in [5, 5.41) is 3.00. The molecule has 4 rings (SSSR count). The van der Waals surface area contributed by atoms with Gasteiger partial charge in [-0.25, -0.2) is 0 Å². The molecule has 1 atom stereocenters. The summed E-state index contributed by atoms with van der Waals surface area (Å²) >= 11 is 0. The third kappa shape index (κ3) is 4.70. The summed E-state index contributed by atoms with van der Waals surface area (Å²) in [4.78, 5) is 32.7. The summed E-state index contributed by atoms with van der Waals surface area (Å²) in [5.74, 6) is 0.237. The Morgan fingerprint density at radius 1 is 0.821 bits per heavy atom. The molecule has 2 saturated heterocycles. The van der Waals surface area contributed by atoms with E-state index in [4.69, 9.17) is 0 Å². The van der Waals surface area contributed by atoms with Gasteiger partial charge >= 0.3 is 0 Å². The maximum atomic E-state index is 13.1. The fourth-order valence-electron chi connectivity index (χ4n) is 5.91. The Bertz CT molecular complexity index is 543. The Labute approximate surface area is 170 Å². The lowest BCUT2D eigenvalue weighted by molar-refractivity contribution is -0.139. The summed E-state index contributed by atoms with van der Waals surface area (Å²) in [7, 11) is 0. The van der Waals surface area contributed by atoms with E-state index in [2.05, 4.69) is 15.1 Å². The van der Waals surface area contributed by atoms with Crippen LogP contribution >= 0.6 is 0 Å². The Balaban J connectivity index is 1.33. The first-order chi connectivity index (χ1) is 13.7. The van der Waals surface area contributed by atoms with E-state index < -0.39 is 0 Å². The maximum absolute atomic E-state index is 13.1. The molecule has 0 aromatic carbocycles. The predicted octanol–water partition coefficient (Wildman–Crippen LogP) is 1.99. The maximum Gasteiger partial charge on any atom is 0.237 e. The van der Waals surface area contributed by atoms with Gasteiger partial charge in [-0.3, -0.25) is 19.4 Å². The molecule has 2 aliphatic heterocycles. The summed E-state index contributed by atoms with van der Waals surface area (Å²) < 4.78 is 0. The predicted molar refractivity (Wildman–Crippen MR) is 110 cm³/mol. The van der Waals surface area contributed by atoms with Gasteiger partial charge in [0.05, 0.1) is 12.5 Å². The van der Waals surface area contributed by atoms with Gasteiger partial charge < -0.3 is 10.2 Å². The van der Waals surface area contributed by atoms with Gasteiger partial charge in [0, 0.05) is 51.4 Å². The van der Waals surface area contributed by atoms with E-state index >= 15 is 0 Å². The average Bonchev–Trinajstić information content (AvgIpc) is 3.14. The van der Waals surface area contributed by atoms with Gasteiger partial charge in [-0.05, 0) is 32.1 Å². The van der Waals surface area contributed by atoms with Crippen LogP contribution < -0.4 is 5.32 Å². The minimum Gasteiger partial charge on any atom is -0.353 e. The standard InChI is InChI=1S/C22H38N4O2/c27-21(17-20-22(28)23-11-14-26(20)19-9-4-5-10-19)25-13-6-12-24(15-16-25)18-7-2-1-3-8-18/h18-20H,1-17H2,(H,23,28)/t20-/m0/s1. The highest BCUT2D eigenvalue weighted by molar-refractivity contribution is 5.89. The lowest BCUT2D eigenvalue weighted by Crippen LogP contribution is -2.59. The van der Waals surface area contributed by atoms with Gasteiger partial charge in [-0.2, -0.15) is 0 Å². The molecule has 4 aliphatic rings. The number of carbonyl (C=O) groups is 2. The quantitative estimate of drug-likeness (QED) is 0.798. The van der Waals surface area contributed by atoms with E-state index in [1.807, 2.05) is 4.90 Å². The van der Waals surface area contributed by atoms with Crippen molar-refractivity contribution in [2.45, 2.75) is 88.8 Å². The highest BCUT2D eigenvalue weighted by atomic mass is 16.2. The molecule has 0 spiro atoms. The van der Waals surface area contributed by atoms with Crippen LogP contribution in [0.5, 0.6) is 0 Å². The average molecular weight is 391 g/mol. The smallest absolute Gasteiger partial charge is 0.237 e. The van der Waals surface area contributed by atoms with Crippen LogP contribution in [0.4, 0.5) is 0 Å². The molecule has 0 radical (unpaired) electrons. The summed E-state index contributed by atoms with van der Waals surface area (Å²) in [6.45, 7) is 5.41. The van der Waals surface area contributed by atoms with Gasteiger partial charge in [0.1, 0.15) is 0 Å². The number of hydrogen-bond acceptors (Lipinski definition) is 4. The molecule has 1 N–H and O–H groups in total. The van der Waals surface area contributed by atoms with Crippen molar-refractivity contribution in [1.29, 1.82) is 0 Å². The fourth-order valence-corrected chi connectivity index (χ4v) is 5.91. The minimum atomic E-state index is -0.262. The molecule has 0 aromatic rings. The first kappa shape index (κ1) is 20.1. The highest BCUT2D eigenvalue weighted by Crippen LogP contribution is 2.28. The molecule has 0 unspecified atom stereocenters. The third-order valence-corrected chi connectivity index (χ3v) is 7.51. The van der Waals surface area contributed by atoms with Gasteiger partial charge in [-0.1, -0.05) is 32.1 Å². The SMILES string of the molecule is O=C1NCCN(C2CCCC2)[C@H]1CC(=O)N1CCCN(C2CCCCC2)CC1. The Hall–Kier alpha value is -1.14. The monoisotopic (exact) mass is 390 g/mol. The van der Waals surface area contributed by atoms with Gasteiger partial charge in [0.2, 0.25) is 11.8 Å². The van der Waals surface area contributed by atoms with Crippen LogP contribution in [0, 0.1) is 0 Å². The van der Waals surface area contributed by atoms with E-state index in [-0.39, 0.29) is 17.9 Å². The molecular formula is C22H38N4O2. The second-order valence-electron chi connectivity index (χ2n) is 9.25. The zero-order valence-electron chi connectivity index (χ0n) is 17.4. The van der Waals surface area contributed by atoms with E-state index in [0.717, 1.165) is 51.7 Å². The van der Waals surface area contributed by atoms with Crippen molar-refractivity contribution in [2.24, 2.45) is 0 Å². The van der Waals surface area contributed by atoms with Gasteiger partial charge in [0.15, 0.2) is 0 Å². The molecule has 0 aromatic heterocycles. The first-order valence-corrected chi connectivity index (χ1v) is 11.8. The molecule has 2 aliphatic carbocycles. The lowest BCUT2D eigenvalue weighted by atomic mass is 9.94. The number of rotatable bonds is 4. The second-order valence-corrected chi connectivity index (χ2v) is 9.25. The van der Waals surface area contributed by atoms with Crippen molar-refractivity contribution in [1.82, 2.24) is 20.0 Å². The molecule has 158 valence electrons. The number of nitrogens with one attached hydrogen (secondary N) is 1. The van der Waals surface area contributed by atoms with Crippen LogP contribution in [0.25, 0.3) is 0 Å². The largest absolute Gasteiger partial charge is 0.353 e. The first-order valence-electron chi connectivity index (χ1n) is 11.8. The molecule has 6 nitrogen and oxygen atoms in total. The number of piperazine rings is 1. The molecule has 2 saturated carbocycles. The number of amides is 2. The zero-order chi connectivity index (χ0) is 19.3. The second kappa shape index (κ2) is 9.57. The molecular weight excluding hydrogens is 352 g/mol. The van der Waals surface area contributed by atoms with Gasteiger partial charge in [0.25, 0.3) is 0 Å². The zero-order valence-corrected chi connectivity index (χ0v) is 17.4. The summed E-state index contributed by atoms with van der Waals surface area (Å²) in [6, 6.07) is 0.961. The van der Waals surface area contributed by atoms with Crippen molar-refractivity contribution in [2.75, 3.05) is 39.3 Å². The summed E-state index contributed by atoms with van der Waals surface area (Å²) in [6.07, 6.45) is 13.0. The highest BCUT2D eigenvalue weighted by Gasteiger charge is 2.37. The van der Waals surface area contributed by atoms with Crippen LogP contribution in [0.3, 0.4) is 0 Å². The topological polar surface area (TPSA) is 55.9 Å². The van der Waals surface area contributed by atoms with E-state index in [0.29, 0.717) is 12.5 Å².